The van der Waals surface area contributed by atoms with Gasteiger partial charge in [0.15, 0.2) is 0 Å². The van der Waals surface area contributed by atoms with Crippen molar-refractivity contribution in [2.45, 2.75) is 51.6 Å². The number of benzene rings is 1. The molecule has 5 nitrogen and oxygen atoms in total. The van der Waals surface area contributed by atoms with Crippen LogP contribution in [0.2, 0.25) is 0 Å². The first-order valence-electron chi connectivity index (χ1n) is 9.13. The number of hydrogen-bond donors (Lipinski definition) is 2. The van der Waals surface area contributed by atoms with E-state index in [1.807, 2.05) is 24.3 Å². The van der Waals surface area contributed by atoms with E-state index in [-0.39, 0.29) is 18.6 Å². The Balaban J connectivity index is 1.59. The SMILES string of the molecule is CCCCCCOc1ccc(NCC(=O)NCC2CCCO2)cc1. The number of carbonyl (C=O) groups excluding carboxylic acids is 1. The van der Waals surface area contributed by atoms with Crippen molar-refractivity contribution < 1.29 is 14.3 Å². The first-order valence-corrected chi connectivity index (χ1v) is 9.13. The van der Waals surface area contributed by atoms with Crippen molar-refractivity contribution in [3.05, 3.63) is 24.3 Å². The van der Waals surface area contributed by atoms with E-state index < -0.39 is 0 Å². The molecule has 24 heavy (non-hydrogen) atoms. The largest absolute Gasteiger partial charge is 0.494 e. The molecule has 1 heterocycles. The fourth-order valence-corrected chi connectivity index (χ4v) is 2.67. The molecule has 2 N–H and O–H groups in total. The average molecular weight is 334 g/mol. The summed E-state index contributed by atoms with van der Waals surface area (Å²) >= 11 is 0. The molecule has 0 aromatic heterocycles. The minimum Gasteiger partial charge on any atom is -0.494 e. The number of carbonyl (C=O) groups is 1. The molecule has 0 spiro atoms. The molecule has 0 saturated carbocycles. The molecule has 1 amide bonds. The maximum Gasteiger partial charge on any atom is 0.239 e. The molecule has 0 aliphatic carbocycles. The van der Waals surface area contributed by atoms with Gasteiger partial charge in [-0.1, -0.05) is 26.2 Å². The summed E-state index contributed by atoms with van der Waals surface area (Å²) in [5, 5.41) is 6.02. The number of ether oxygens (including phenoxy) is 2. The van der Waals surface area contributed by atoms with Crippen molar-refractivity contribution in [2.24, 2.45) is 0 Å². The highest BCUT2D eigenvalue weighted by Crippen LogP contribution is 2.16. The first kappa shape index (κ1) is 18.6. The third-order valence-corrected chi connectivity index (χ3v) is 4.12. The zero-order valence-electron chi connectivity index (χ0n) is 14.7. The minimum atomic E-state index is -0.0123. The molecule has 1 aliphatic rings. The number of rotatable bonds is 11. The van der Waals surface area contributed by atoms with E-state index in [4.69, 9.17) is 9.47 Å². The second-order valence-electron chi connectivity index (χ2n) is 6.23. The minimum absolute atomic E-state index is 0.0123. The summed E-state index contributed by atoms with van der Waals surface area (Å²) in [5.74, 6) is 0.863. The van der Waals surface area contributed by atoms with Crippen LogP contribution in [0.15, 0.2) is 24.3 Å². The van der Waals surface area contributed by atoms with E-state index in [0.717, 1.165) is 43.9 Å². The summed E-state index contributed by atoms with van der Waals surface area (Å²) in [7, 11) is 0. The lowest BCUT2D eigenvalue weighted by atomic mass is 10.2. The van der Waals surface area contributed by atoms with Gasteiger partial charge in [0.25, 0.3) is 0 Å². The van der Waals surface area contributed by atoms with Crippen LogP contribution in [0.1, 0.15) is 45.4 Å². The van der Waals surface area contributed by atoms with Crippen molar-refractivity contribution in [2.75, 3.05) is 31.6 Å². The fraction of sp³-hybridized carbons (Fsp3) is 0.632. The Hall–Kier alpha value is -1.75. The lowest BCUT2D eigenvalue weighted by Gasteiger charge is -2.12. The maximum atomic E-state index is 11.8. The zero-order valence-corrected chi connectivity index (χ0v) is 14.7. The Morgan fingerprint density at radius 1 is 1.25 bits per heavy atom. The summed E-state index contributed by atoms with van der Waals surface area (Å²) in [5.41, 5.74) is 0.917. The van der Waals surface area contributed by atoms with Crippen molar-refractivity contribution in [3.8, 4) is 5.75 Å². The van der Waals surface area contributed by atoms with Crippen molar-refractivity contribution >= 4 is 11.6 Å². The van der Waals surface area contributed by atoms with Gasteiger partial charge in [-0.25, -0.2) is 0 Å². The Bertz CT molecular complexity index is 470. The van der Waals surface area contributed by atoms with Crippen LogP contribution in [0.4, 0.5) is 5.69 Å². The number of unbranched alkanes of at least 4 members (excludes halogenated alkanes) is 3. The molecule has 0 radical (unpaired) electrons. The molecule has 5 heteroatoms. The standard InChI is InChI=1S/C19H30N2O3/c1-2-3-4-5-12-23-17-10-8-16(9-11-17)20-15-19(22)21-14-18-7-6-13-24-18/h8-11,18,20H,2-7,12-15H2,1H3,(H,21,22). The molecule has 1 aromatic rings. The van der Waals surface area contributed by atoms with Crippen molar-refractivity contribution in [1.29, 1.82) is 0 Å². The predicted molar refractivity (Wildman–Crippen MR) is 96.6 cm³/mol. The van der Waals surface area contributed by atoms with E-state index in [1.54, 1.807) is 0 Å². The van der Waals surface area contributed by atoms with E-state index in [0.29, 0.717) is 6.54 Å². The highest BCUT2D eigenvalue weighted by atomic mass is 16.5. The third kappa shape index (κ3) is 7.21. The van der Waals surface area contributed by atoms with Gasteiger partial charge in [-0.3, -0.25) is 4.79 Å². The second kappa shape index (κ2) is 10.9. The number of nitrogens with one attached hydrogen (secondary N) is 2. The Kier molecular flexibility index (Phi) is 8.46. The van der Waals surface area contributed by atoms with Crippen LogP contribution in [0.5, 0.6) is 5.75 Å². The lowest BCUT2D eigenvalue weighted by molar-refractivity contribution is -0.119. The van der Waals surface area contributed by atoms with Gasteiger partial charge in [-0.05, 0) is 43.5 Å². The topological polar surface area (TPSA) is 59.6 Å². The molecular weight excluding hydrogens is 304 g/mol. The molecule has 1 saturated heterocycles. The maximum absolute atomic E-state index is 11.8. The van der Waals surface area contributed by atoms with Crippen molar-refractivity contribution in [3.63, 3.8) is 0 Å². The van der Waals surface area contributed by atoms with E-state index in [2.05, 4.69) is 17.6 Å². The Labute approximate surface area is 145 Å². The molecule has 1 atom stereocenters. The summed E-state index contributed by atoms with van der Waals surface area (Å²) < 4.78 is 11.2. The Morgan fingerprint density at radius 3 is 2.79 bits per heavy atom. The molecule has 1 aromatic carbocycles. The molecule has 1 aliphatic heterocycles. The number of hydrogen-bond acceptors (Lipinski definition) is 4. The van der Waals surface area contributed by atoms with Crippen LogP contribution in [-0.4, -0.2) is 38.3 Å². The summed E-state index contributed by atoms with van der Waals surface area (Å²) in [6.45, 7) is 4.65. The van der Waals surface area contributed by atoms with Gasteiger partial charge in [-0.2, -0.15) is 0 Å². The monoisotopic (exact) mass is 334 g/mol. The Morgan fingerprint density at radius 2 is 2.08 bits per heavy atom. The van der Waals surface area contributed by atoms with Crippen molar-refractivity contribution in [1.82, 2.24) is 5.32 Å². The van der Waals surface area contributed by atoms with Crippen LogP contribution in [-0.2, 0) is 9.53 Å². The smallest absolute Gasteiger partial charge is 0.239 e. The van der Waals surface area contributed by atoms with Crippen LogP contribution >= 0.6 is 0 Å². The molecule has 0 bridgehead atoms. The van der Waals surface area contributed by atoms with E-state index >= 15 is 0 Å². The number of amides is 1. The van der Waals surface area contributed by atoms with Gasteiger partial charge in [-0.15, -0.1) is 0 Å². The summed E-state index contributed by atoms with van der Waals surface area (Å²) in [6, 6.07) is 7.75. The molecule has 2 rings (SSSR count). The van der Waals surface area contributed by atoms with Crippen LogP contribution in [0.3, 0.4) is 0 Å². The van der Waals surface area contributed by atoms with Crippen LogP contribution in [0, 0.1) is 0 Å². The van der Waals surface area contributed by atoms with E-state index in [1.165, 1.54) is 19.3 Å². The lowest BCUT2D eigenvalue weighted by Crippen LogP contribution is -2.35. The average Bonchev–Trinajstić information content (AvgIpc) is 3.12. The fourth-order valence-electron chi connectivity index (χ4n) is 2.67. The molecule has 1 unspecified atom stereocenters. The summed E-state index contributed by atoms with van der Waals surface area (Å²) in [6.07, 6.45) is 7.13. The predicted octanol–water partition coefficient (Wildman–Crippen LogP) is 3.35. The van der Waals surface area contributed by atoms with Gasteiger partial charge in [0.2, 0.25) is 5.91 Å². The van der Waals surface area contributed by atoms with Gasteiger partial charge in [0, 0.05) is 18.8 Å². The van der Waals surface area contributed by atoms with Crippen LogP contribution < -0.4 is 15.4 Å². The van der Waals surface area contributed by atoms with Crippen LogP contribution in [0.25, 0.3) is 0 Å². The molecule has 134 valence electrons. The van der Waals surface area contributed by atoms with Gasteiger partial charge >= 0.3 is 0 Å². The normalized spacial score (nSPS) is 16.8. The molecule has 1 fully saturated rings. The summed E-state index contributed by atoms with van der Waals surface area (Å²) in [4.78, 5) is 11.8. The highest BCUT2D eigenvalue weighted by Gasteiger charge is 2.15. The highest BCUT2D eigenvalue weighted by molar-refractivity contribution is 5.80. The molecular formula is C19H30N2O3. The third-order valence-electron chi connectivity index (χ3n) is 4.12. The quantitative estimate of drug-likeness (QED) is 0.609. The first-order chi connectivity index (χ1) is 11.8. The zero-order chi connectivity index (χ0) is 17.0. The van der Waals surface area contributed by atoms with Gasteiger partial charge < -0.3 is 20.1 Å². The number of anilines is 1. The second-order valence-corrected chi connectivity index (χ2v) is 6.23. The van der Waals surface area contributed by atoms with E-state index in [9.17, 15) is 4.79 Å². The van der Waals surface area contributed by atoms with Gasteiger partial charge in [0.1, 0.15) is 5.75 Å². The van der Waals surface area contributed by atoms with Gasteiger partial charge in [0.05, 0.1) is 19.3 Å².